The number of nitrogens with zero attached hydrogens (tertiary/aromatic N) is 1. The molecule has 0 saturated carbocycles. The number of thioether (sulfide) groups is 1. The Balaban J connectivity index is 2.24. The monoisotopic (exact) mass is 364 g/mol. The van der Waals surface area contributed by atoms with Crippen LogP contribution in [0.25, 0.3) is 10.9 Å². The lowest BCUT2D eigenvalue weighted by molar-refractivity contribution is -0.150. The van der Waals surface area contributed by atoms with E-state index >= 15 is 0 Å². The number of aromatic nitrogens is 1. The lowest BCUT2D eigenvalue weighted by Gasteiger charge is -2.18. The Morgan fingerprint density at radius 3 is 2.68 bits per heavy atom. The Hall–Kier alpha value is -2.15. The minimum absolute atomic E-state index is 0.271. The van der Waals surface area contributed by atoms with Gasteiger partial charge in [-0.05, 0) is 45.0 Å². The first-order chi connectivity index (χ1) is 11.8. The number of esters is 1. The average molecular weight is 364 g/mol. The lowest BCUT2D eigenvalue weighted by atomic mass is 10.2. The summed E-state index contributed by atoms with van der Waals surface area (Å²) in [6, 6.07) is 5.47. The van der Waals surface area contributed by atoms with Crippen molar-refractivity contribution in [1.29, 1.82) is 0 Å². The Morgan fingerprint density at radius 1 is 1.32 bits per heavy atom. The maximum absolute atomic E-state index is 13.6. The van der Waals surface area contributed by atoms with E-state index in [0.29, 0.717) is 10.9 Å². The first-order valence-electron chi connectivity index (χ1n) is 7.93. The van der Waals surface area contributed by atoms with Gasteiger partial charge in [-0.1, -0.05) is 0 Å². The van der Waals surface area contributed by atoms with Crippen LogP contribution in [0, 0.1) is 12.7 Å². The summed E-state index contributed by atoms with van der Waals surface area (Å²) in [5, 5.41) is 3.28. The van der Waals surface area contributed by atoms with Gasteiger partial charge >= 0.3 is 5.97 Å². The number of aryl methyl sites for hydroxylation is 1. The minimum atomic E-state index is -0.776. The number of hydrogen-bond donors (Lipinski definition) is 1. The van der Waals surface area contributed by atoms with Crippen LogP contribution in [0.4, 0.5) is 4.39 Å². The van der Waals surface area contributed by atoms with Gasteiger partial charge in [0.2, 0.25) is 5.91 Å². The van der Waals surface area contributed by atoms with Gasteiger partial charge in [0.1, 0.15) is 11.9 Å². The van der Waals surface area contributed by atoms with Gasteiger partial charge in [-0.25, -0.2) is 9.18 Å². The highest BCUT2D eigenvalue weighted by molar-refractivity contribution is 7.99. The summed E-state index contributed by atoms with van der Waals surface area (Å²) in [4.78, 5) is 28.7. The van der Waals surface area contributed by atoms with Crippen molar-refractivity contribution in [2.75, 3.05) is 5.75 Å². The molecule has 25 heavy (non-hydrogen) atoms. The Labute approximate surface area is 150 Å². The fraction of sp³-hybridized carbons (Fsp3) is 0.389. The van der Waals surface area contributed by atoms with Crippen molar-refractivity contribution in [3.63, 3.8) is 0 Å². The van der Waals surface area contributed by atoms with Crippen LogP contribution in [-0.2, 0) is 14.3 Å². The fourth-order valence-electron chi connectivity index (χ4n) is 2.31. The quantitative estimate of drug-likeness (QED) is 0.630. The molecule has 5 nitrogen and oxygen atoms in total. The van der Waals surface area contributed by atoms with Gasteiger partial charge < -0.3 is 10.1 Å². The molecule has 0 aliphatic heterocycles. The van der Waals surface area contributed by atoms with Gasteiger partial charge in [0.15, 0.2) is 0 Å². The Morgan fingerprint density at radius 2 is 2.04 bits per heavy atom. The number of benzene rings is 1. The van der Waals surface area contributed by atoms with Gasteiger partial charge in [-0.15, -0.1) is 11.8 Å². The van der Waals surface area contributed by atoms with Crippen LogP contribution in [0.5, 0.6) is 0 Å². The number of rotatable bonds is 6. The molecule has 2 aromatic rings. The third-order valence-electron chi connectivity index (χ3n) is 3.28. The number of ether oxygens (including phenoxy) is 1. The topological polar surface area (TPSA) is 68.3 Å². The molecule has 0 radical (unpaired) electrons. The molecule has 0 spiro atoms. The molecule has 1 amide bonds. The zero-order valence-electron chi connectivity index (χ0n) is 14.6. The number of carbonyl (C=O) groups is 2. The highest BCUT2D eigenvalue weighted by atomic mass is 32.2. The highest BCUT2D eigenvalue weighted by Gasteiger charge is 2.23. The maximum atomic E-state index is 13.6. The van der Waals surface area contributed by atoms with E-state index in [1.165, 1.54) is 30.8 Å². The van der Waals surface area contributed by atoms with E-state index in [-0.39, 0.29) is 23.6 Å². The summed E-state index contributed by atoms with van der Waals surface area (Å²) in [6.07, 6.45) is -0.271. The average Bonchev–Trinajstić information content (AvgIpc) is 2.50. The SMILES string of the molecule is CC(=O)NC(CSc1cc(C)nc2ccc(F)cc12)C(=O)OC(C)C. The van der Waals surface area contributed by atoms with Crippen LogP contribution in [0.2, 0.25) is 0 Å². The molecule has 1 N–H and O–H groups in total. The molecule has 0 aliphatic rings. The zero-order valence-corrected chi connectivity index (χ0v) is 15.4. The number of amides is 1. The second-order valence-electron chi connectivity index (χ2n) is 5.97. The molecule has 1 aromatic carbocycles. The molecule has 1 atom stereocenters. The highest BCUT2D eigenvalue weighted by Crippen LogP contribution is 2.29. The molecular weight excluding hydrogens is 343 g/mol. The van der Waals surface area contributed by atoms with Crippen molar-refractivity contribution in [1.82, 2.24) is 10.3 Å². The van der Waals surface area contributed by atoms with Crippen LogP contribution < -0.4 is 5.32 Å². The van der Waals surface area contributed by atoms with E-state index in [4.69, 9.17) is 4.74 Å². The molecule has 0 aliphatic carbocycles. The summed E-state index contributed by atoms with van der Waals surface area (Å²) >= 11 is 1.36. The molecule has 1 heterocycles. The zero-order chi connectivity index (χ0) is 18.6. The number of nitrogens with one attached hydrogen (secondary N) is 1. The van der Waals surface area contributed by atoms with E-state index < -0.39 is 12.0 Å². The van der Waals surface area contributed by atoms with E-state index in [0.717, 1.165) is 10.6 Å². The predicted octanol–water partition coefficient (Wildman–Crippen LogP) is 3.23. The molecule has 0 saturated heterocycles. The van der Waals surface area contributed by atoms with Crippen molar-refractivity contribution >= 4 is 34.5 Å². The lowest BCUT2D eigenvalue weighted by Crippen LogP contribution is -2.43. The standard InChI is InChI=1S/C18H21FN2O3S/c1-10(2)24-18(23)16(21-12(4)22)9-25-17-7-11(3)20-15-6-5-13(19)8-14(15)17/h5-8,10,16H,9H2,1-4H3,(H,21,22). The predicted molar refractivity (Wildman–Crippen MR) is 96.0 cm³/mol. The summed E-state index contributed by atoms with van der Waals surface area (Å²) in [6.45, 7) is 6.70. The molecule has 134 valence electrons. The fourth-order valence-corrected chi connectivity index (χ4v) is 3.45. The largest absolute Gasteiger partial charge is 0.461 e. The second kappa shape index (κ2) is 8.29. The smallest absolute Gasteiger partial charge is 0.329 e. The number of fused-ring (bicyclic) bond motifs is 1. The first-order valence-corrected chi connectivity index (χ1v) is 8.92. The van der Waals surface area contributed by atoms with Crippen LogP contribution in [0.3, 0.4) is 0 Å². The van der Waals surface area contributed by atoms with Gasteiger partial charge in [0.05, 0.1) is 11.6 Å². The molecule has 0 bridgehead atoms. The van der Waals surface area contributed by atoms with Crippen LogP contribution >= 0.6 is 11.8 Å². The maximum Gasteiger partial charge on any atom is 0.329 e. The molecule has 0 fully saturated rings. The van der Waals surface area contributed by atoms with Gasteiger partial charge in [-0.2, -0.15) is 0 Å². The van der Waals surface area contributed by atoms with E-state index in [1.807, 2.05) is 13.0 Å². The third-order valence-corrected chi connectivity index (χ3v) is 4.43. The van der Waals surface area contributed by atoms with Crippen LogP contribution in [-0.4, -0.2) is 34.8 Å². The van der Waals surface area contributed by atoms with Crippen LogP contribution in [0.15, 0.2) is 29.2 Å². The number of halogens is 1. The summed E-state index contributed by atoms with van der Waals surface area (Å²) < 4.78 is 18.8. The number of carbonyl (C=O) groups excluding carboxylic acids is 2. The van der Waals surface area contributed by atoms with Crippen LogP contribution in [0.1, 0.15) is 26.5 Å². The third kappa shape index (κ3) is 5.42. The van der Waals surface area contributed by atoms with Crippen molar-refractivity contribution in [2.45, 2.75) is 44.7 Å². The second-order valence-corrected chi connectivity index (χ2v) is 7.03. The molecule has 7 heteroatoms. The number of hydrogen-bond acceptors (Lipinski definition) is 5. The van der Waals surface area contributed by atoms with Gasteiger partial charge in [-0.3, -0.25) is 9.78 Å². The molecule has 1 unspecified atom stereocenters. The number of pyridine rings is 1. The molecule has 1 aromatic heterocycles. The molecule has 2 rings (SSSR count). The first kappa shape index (κ1) is 19.2. The Bertz CT molecular complexity index is 795. The summed E-state index contributed by atoms with van der Waals surface area (Å²) in [5.41, 5.74) is 1.48. The van der Waals surface area contributed by atoms with E-state index in [1.54, 1.807) is 19.9 Å². The normalized spacial score (nSPS) is 12.2. The van der Waals surface area contributed by atoms with Gasteiger partial charge in [0.25, 0.3) is 0 Å². The van der Waals surface area contributed by atoms with E-state index in [9.17, 15) is 14.0 Å². The minimum Gasteiger partial charge on any atom is -0.461 e. The summed E-state index contributed by atoms with van der Waals surface area (Å²) in [7, 11) is 0. The summed E-state index contributed by atoms with van der Waals surface area (Å²) in [5.74, 6) is -0.870. The van der Waals surface area contributed by atoms with Gasteiger partial charge in [0, 0.05) is 28.7 Å². The van der Waals surface area contributed by atoms with E-state index in [2.05, 4.69) is 10.3 Å². The van der Waals surface area contributed by atoms with Crippen molar-refractivity contribution in [2.24, 2.45) is 0 Å². The van der Waals surface area contributed by atoms with Crippen molar-refractivity contribution in [3.8, 4) is 0 Å². The Kier molecular flexibility index (Phi) is 6.36. The van der Waals surface area contributed by atoms with Crippen molar-refractivity contribution in [3.05, 3.63) is 35.8 Å². The van der Waals surface area contributed by atoms with Crippen molar-refractivity contribution < 1.29 is 18.7 Å². The molecular formula is C18H21FN2O3S.